The van der Waals surface area contributed by atoms with Gasteiger partial charge in [0, 0.05) is 0 Å². The number of rotatable bonds is 4. The van der Waals surface area contributed by atoms with Crippen LogP contribution in [0, 0.1) is 0 Å². The Balaban J connectivity index is -0.000000245. The van der Waals surface area contributed by atoms with Gasteiger partial charge in [0.15, 0.2) is 0 Å². The lowest BCUT2D eigenvalue weighted by Gasteiger charge is -1.96. The third kappa shape index (κ3) is 28.5. The summed E-state index contributed by atoms with van der Waals surface area (Å²) in [5.41, 5.74) is 7.11. The number of aliphatic hydroxyl groups excluding tert-OH is 1. The number of carboxylic acids is 1. The molecule has 0 spiro atoms. The van der Waals surface area contributed by atoms with Gasteiger partial charge in [-0.15, -0.1) is 6.58 Å². The van der Waals surface area contributed by atoms with Gasteiger partial charge < -0.3 is 15.9 Å². The summed E-state index contributed by atoms with van der Waals surface area (Å²) in [7, 11) is 0. The van der Waals surface area contributed by atoms with E-state index in [-0.39, 0.29) is 0 Å². The molecule has 4 N–H and O–H groups in total. The SMILES string of the molecule is C=C(C)C.C=CC=C.C=Cc1ccccc1.N[C@@H](CO)C(=O)O. The summed E-state index contributed by atoms with van der Waals surface area (Å²) in [6, 6.07) is 8.90. The Kier molecular flexibility index (Phi) is 21.7. The molecule has 0 aliphatic carbocycles. The summed E-state index contributed by atoms with van der Waals surface area (Å²) >= 11 is 0. The standard InChI is InChI=1S/C8H8.C4H8.C4H6.C3H7NO3/c1-2-8-6-4-3-5-7-8;1-4(2)3;1-3-4-2;4-2(1-5)3(6)7/h2-7H,1H2;1H2,2-3H3;3-4H,1-2H2;2,5H,1,4H2,(H,6,7)/t;;;2-/m...0/s1. The van der Waals surface area contributed by atoms with Gasteiger partial charge in [-0.25, -0.2) is 0 Å². The summed E-state index contributed by atoms with van der Waals surface area (Å²) in [6.45, 7) is 17.3. The first-order valence-electron chi connectivity index (χ1n) is 6.89. The quantitative estimate of drug-likeness (QED) is 0.584. The van der Waals surface area contributed by atoms with E-state index < -0.39 is 18.6 Å². The first-order valence-corrected chi connectivity index (χ1v) is 6.89. The minimum atomic E-state index is -1.18. The smallest absolute Gasteiger partial charge is 0.322 e. The maximum Gasteiger partial charge on any atom is 0.322 e. The van der Waals surface area contributed by atoms with Crippen LogP contribution >= 0.6 is 0 Å². The van der Waals surface area contributed by atoms with E-state index in [1.807, 2.05) is 50.3 Å². The summed E-state index contributed by atoms with van der Waals surface area (Å²) in [5.74, 6) is -1.18. The molecule has 4 heteroatoms. The van der Waals surface area contributed by atoms with Crippen molar-refractivity contribution in [2.75, 3.05) is 6.61 Å². The van der Waals surface area contributed by atoms with E-state index in [1.54, 1.807) is 12.2 Å². The van der Waals surface area contributed by atoms with E-state index >= 15 is 0 Å². The zero-order chi connectivity index (χ0) is 18.7. The van der Waals surface area contributed by atoms with Gasteiger partial charge in [-0.3, -0.25) is 4.79 Å². The molecule has 0 saturated heterocycles. The van der Waals surface area contributed by atoms with Crippen LogP contribution in [0.2, 0.25) is 0 Å². The van der Waals surface area contributed by atoms with Gasteiger partial charge >= 0.3 is 5.97 Å². The first-order chi connectivity index (χ1) is 10.8. The number of carboxylic acid groups (broad SMARTS) is 1. The monoisotopic (exact) mass is 319 g/mol. The Bertz CT molecular complexity index is 443. The molecule has 0 heterocycles. The van der Waals surface area contributed by atoms with Gasteiger partial charge in [-0.1, -0.05) is 73.9 Å². The number of allylic oxidation sites excluding steroid dienone is 3. The number of hydrogen-bond acceptors (Lipinski definition) is 3. The van der Waals surface area contributed by atoms with E-state index in [1.165, 1.54) is 11.1 Å². The zero-order valence-corrected chi connectivity index (χ0v) is 14.1. The minimum absolute atomic E-state index is 0.505. The van der Waals surface area contributed by atoms with Crippen molar-refractivity contribution < 1.29 is 15.0 Å². The third-order valence-electron chi connectivity index (χ3n) is 1.72. The number of hydrogen-bond donors (Lipinski definition) is 3. The second-order valence-corrected chi connectivity index (χ2v) is 4.42. The highest BCUT2D eigenvalue weighted by Gasteiger charge is 2.06. The Labute approximate surface area is 140 Å². The van der Waals surface area contributed by atoms with Crippen LogP contribution in [0.25, 0.3) is 6.08 Å². The molecule has 128 valence electrons. The molecule has 0 aliphatic heterocycles. The van der Waals surface area contributed by atoms with Crippen molar-refractivity contribution in [1.29, 1.82) is 0 Å². The molecule has 0 aliphatic rings. The van der Waals surface area contributed by atoms with E-state index in [0.29, 0.717) is 0 Å². The second kappa shape index (κ2) is 19.6. The predicted octanol–water partition coefficient (Wildman–Crippen LogP) is 3.66. The van der Waals surface area contributed by atoms with Crippen LogP contribution in [0.1, 0.15) is 19.4 Å². The zero-order valence-electron chi connectivity index (χ0n) is 14.1. The first kappa shape index (κ1) is 25.5. The molecular weight excluding hydrogens is 290 g/mol. The summed E-state index contributed by atoms with van der Waals surface area (Å²) in [4.78, 5) is 9.65. The van der Waals surface area contributed by atoms with Crippen LogP contribution in [-0.2, 0) is 4.79 Å². The molecule has 0 unspecified atom stereocenters. The number of nitrogens with two attached hydrogens (primary N) is 1. The molecule has 0 radical (unpaired) electrons. The van der Waals surface area contributed by atoms with Crippen molar-refractivity contribution in [2.24, 2.45) is 5.73 Å². The fourth-order valence-electron chi connectivity index (χ4n) is 0.667. The average molecular weight is 319 g/mol. The molecule has 0 fully saturated rings. The molecule has 0 aromatic heterocycles. The third-order valence-corrected chi connectivity index (χ3v) is 1.72. The molecule has 0 bridgehead atoms. The Hall–Kier alpha value is -2.43. The molecule has 1 atom stereocenters. The van der Waals surface area contributed by atoms with Gasteiger partial charge in [-0.05, 0) is 19.4 Å². The topological polar surface area (TPSA) is 83.5 Å². The maximum atomic E-state index is 9.65. The highest BCUT2D eigenvalue weighted by atomic mass is 16.4. The van der Waals surface area contributed by atoms with Crippen molar-refractivity contribution in [2.45, 2.75) is 19.9 Å². The fraction of sp³-hybridized carbons (Fsp3) is 0.211. The fourth-order valence-corrected chi connectivity index (χ4v) is 0.667. The lowest BCUT2D eigenvalue weighted by Crippen LogP contribution is -2.33. The second-order valence-electron chi connectivity index (χ2n) is 4.42. The van der Waals surface area contributed by atoms with Crippen LogP contribution in [-0.4, -0.2) is 28.8 Å². The predicted molar refractivity (Wildman–Crippen MR) is 100 cm³/mol. The van der Waals surface area contributed by atoms with Crippen molar-refractivity contribution in [3.63, 3.8) is 0 Å². The molecular formula is C19H29NO3. The van der Waals surface area contributed by atoms with E-state index in [0.717, 1.165) is 0 Å². The molecule has 1 rings (SSSR count). The number of aliphatic carboxylic acids is 1. The van der Waals surface area contributed by atoms with Crippen molar-refractivity contribution in [3.05, 3.63) is 79.9 Å². The lowest BCUT2D eigenvalue weighted by atomic mass is 10.2. The minimum Gasteiger partial charge on any atom is -0.480 e. The molecule has 4 nitrogen and oxygen atoms in total. The van der Waals surface area contributed by atoms with Crippen molar-refractivity contribution >= 4 is 12.0 Å². The van der Waals surface area contributed by atoms with Gasteiger partial charge in [0.25, 0.3) is 0 Å². The van der Waals surface area contributed by atoms with Crippen LogP contribution < -0.4 is 5.73 Å². The normalized spacial score (nSPS) is 9.04. The van der Waals surface area contributed by atoms with Crippen molar-refractivity contribution in [3.8, 4) is 0 Å². The molecule has 23 heavy (non-hydrogen) atoms. The summed E-state index contributed by atoms with van der Waals surface area (Å²) in [6.07, 6.45) is 5.11. The highest BCUT2D eigenvalue weighted by Crippen LogP contribution is 1.97. The van der Waals surface area contributed by atoms with E-state index in [9.17, 15) is 4.79 Å². The lowest BCUT2D eigenvalue weighted by molar-refractivity contribution is -0.139. The maximum absolute atomic E-state index is 9.65. The van der Waals surface area contributed by atoms with Crippen LogP contribution in [0.3, 0.4) is 0 Å². The molecule has 0 saturated carbocycles. The largest absolute Gasteiger partial charge is 0.480 e. The van der Waals surface area contributed by atoms with Crippen LogP contribution in [0.5, 0.6) is 0 Å². The molecule has 1 aromatic rings. The number of aliphatic hydroxyl groups is 1. The van der Waals surface area contributed by atoms with Gasteiger partial charge in [0.1, 0.15) is 6.04 Å². The van der Waals surface area contributed by atoms with Crippen LogP contribution in [0.15, 0.2) is 74.4 Å². The van der Waals surface area contributed by atoms with E-state index in [2.05, 4.69) is 26.3 Å². The van der Waals surface area contributed by atoms with Gasteiger partial charge in [0.2, 0.25) is 0 Å². The van der Waals surface area contributed by atoms with Gasteiger partial charge in [0.05, 0.1) is 6.61 Å². The van der Waals surface area contributed by atoms with E-state index in [4.69, 9.17) is 15.9 Å². The molecule has 0 amide bonds. The Morgan fingerprint density at radius 2 is 1.57 bits per heavy atom. The Morgan fingerprint density at radius 1 is 1.17 bits per heavy atom. The molecule has 1 aromatic carbocycles. The van der Waals surface area contributed by atoms with Gasteiger partial charge in [-0.2, -0.15) is 0 Å². The average Bonchev–Trinajstić information content (AvgIpc) is 2.55. The van der Waals surface area contributed by atoms with Crippen molar-refractivity contribution in [1.82, 2.24) is 0 Å². The van der Waals surface area contributed by atoms with Crippen LogP contribution in [0.4, 0.5) is 0 Å². The highest BCUT2D eigenvalue weighted by molar-refractivity contribution is 5.73. The summed E-state index contributed by atoms with van der Waals surface area (Å²) < 4.78 is 0. The Morgan fingerprint density at radius 3 is 1.70 bits per heavy atom. The number of benzene rings is 1. The summed E-state index contributed by atoms with van der Waals surface area (Å²) in [5, 5.41) is 15.9. The number of carbonyl (C=O) groups is 1.